The summed E-state index contributed by atoms with van der Waals surface area (Å²) in [6, 6.07) is -0.513. The molecule has 1 aromatic rings. The second-order valence-corrected chi connectivity index (χ2v) is 4.60. The summed E-state index contributed by atoms with van der Waals surface area (Å²) in [5, 5.41) is 28.4. The maximum Gasteiger partial charge on any atom is 0.314 e. The topological polar surface area (TPSA) is 130 Å². The standard InChI is InChI=1S/C11H14N6O3/c1-16-11(9(6-13-16)17(19)20)7-2-4-8(14-15-12)10(18)5-3-7/h3,6,8,10,18H,2,4-5H2,1H3/t8-,10+/m1/s1. The van der Waals surface area contributed by atoms with Crippen LogP contribution in [0.4, 0.5) is 5.69 Å². The predicted molar refractivity (Wildman–Crippen MR) is 70.6 cm³/mol. The van der Waals surface area contributed by atoms with E-state index < -0.39 is 17.1 Å². The van der Waals surface area contributed by atoms with Crippen molar-refractivity contribution in [3.8, 4) is 0 Å². The Bertz CT molecular complexity index is 601. The summed E-state index contributed by atoms with van der Waals surface area (Å²) in [6.07, 6.45) is 3.42. The summed E-state index contributed by atoms with van der Waals surface area (Å²) >= 11 is 0. The number of nitro groups is 1. The van der Waals surface area contributed by atoms with Crippen LogP contribution in [-0.4, -0.2) is 32.0 Å². The Kier molecular flexibility index (Phi) is 4.02. The quantitative estimate of drug-likeness (QED) is 0.297. The molecule has 1 aromatic heterocycles. The summed E-state index contributed by atoms with van der Waals surface area (Å²) in [6.45, 7) is 0. The molecule has 1 N–H and O–H groups in total. The first-order valence-corrected chi connectivity index (χ1v) is 6.12. The molecule has 2 rings (SSSR count). The largest absolute Gasteiger partial charge is 0.392 e. The molecule has 0 saturated heterocycles. The van der Waals surface area contributed by atoms with Crippen molar-refractivity contribution < 1.29 is 10.0 Å². The van der Waals surface area contributed by atoms with Gasteiger partial charge in [0.05, 0.1) is 17.1 Å². The van der Waals surface area contributed by atoms with Gasteiger partial charge < -0.3 is 5.11 Å². The first kappa shape index (κ1) is 14.0. The first-order chi connectivity index (χ1) is 9.54. The van der Waals surface area contributed by atoms with Crippen LogP contribution in [0.2, 0.25) is 0 Å². The van der Waals surface area contributed by atoms with E-state index in [-0.39, 0.29) is 5.69 Å². The van der Waals surface area contributed by atoms with Crippen molar-refractivity contribution in [1.29, 1.82) is 0 Å². The highest BCUT2D eigenvalue weighted by molar-refractivity contribution is 5.70. The zero-order valence-electron chi connectivity index (χ0n) is 10.9. The van der Waals surface area contributed by atoms with Crippen LogP contribution in [0.3, 0.4) is 0 Å². The number of azide groups is 1. The average molecular weight is 278 g/mol. The summed E-state index contributed by atoms with van der Waals surface area (Å²) < 4.78 is 1.45. The fourth-order valence-electron chi connectivity index (χ4n) is 2.37. The van der Waals surface area contributed by atoms with Gasteiger partial charge in [-0.3, -0.25) is 14.8 Å². The molecule has 9 nitrogen and oxygen atoms in total. The molecule has 9 heteroatoms. The van der Waals surface area contributed by atoms with E-state index >= 15 is 0 Å². The maximum atomic E-state index is 11.0. The normalized spacial score (nSPS) is 22.6. The van der Waals surface area contributed by atoms with Crippen molar-refractivity contribution in [3.63, 3.8) is 0 Å². The number of aromatic nitrogens is 2. The number of aryl methyl sites for hydroxylation is 1. The van der Waals surface area contributed by atoms with Crippen LogP contribution in [0, 0.1) is 10.1 Å². The van der Waals surface area contributed by atoms with Crippen molar-refractivity contribution in [2.75, 3.05) is 0 Å². The lowest BCUT2D eigenvalue weighted by Crippen LogP contribution is -2.21. The molecule has 1 aliphatic rings. The zero-order valence-corrected chi connectivity index (χ0v) is 10.9. The highest BCUT2D eigenvalue weighted by atomic mass is 16.6. The second-order valence-electron chi connectivity index (χ2n) is 4.60. The predicted octanol–water partition coefficient (Wildman–Crippen LogP) is 1.94. The molecule has 0 unspecified atom stereocenters. The lowest BCUT2D eigenvalue weighted by molar-refractivity contribution is -0.385. The lowest BCUT2D eigenvalue weighted by Gasteiger charge is -2.13. The molecule has 20 heavy (non-hydrogen) atoms. The number of nitrogens with zero attached hydrogens (tertiary/aromatic N) is 6. The molecule has 0 amide bonds. The third-order valence-electron chi connectivity index (χ3n) is 3.38. The second kappa shape index (κ2) is 5.72. The Morgan fingerprint density at radius 3 is 3.10 bits per heavy atom. The van der Waals surface area contributed by atoms with E-state index in [0.717, 1.165) is 5.57 Å². The van der Waals surface area contributed by atoms with Crippen LogP contribution in [0.1, 0.15) is 25.0 Å². The van der Waals surface area contributed by atoms with Crippen molar-refractivity contribution >= 4 is 11.3 Å². The average Bonchev–Trinajstić information content (AvgIpc) is 2.70. The molecule has 0 radical (unpaired) electrons. The SMILES string of the molecule is Cn1ncc([N+](=O)[O-])c1C1=CC[C@H](O)[C@H](N=[N+]=[N-])CC1. The number of hydrogen-bond acceptors (Lipinski definition) is 5. The van der Waals surface area contributed by atoms with E-state index in [2.05, 4.69) is 15.1 Å². The summed E-state index contributed by atoms with van der Waals surface area (Å²) in [4.78, 5) is 13.2. The zero-order chi connectivity index (χ0) is 14.7. The molecular formula is C11H14N6O3. The summed E-state index contributed by atoms with van der Waals surface area (Å²) in [7, 11) is 1.63. The molecule has 1 aliphatic carbocycles. The van der Waals surface area contributed by atoms with Crippen molar-refractivity contribution in [2.45, 2.75) is 31.4 Å². The molecule has 2 atom stereocenters. The van der Waals surface area contributed by atoms with Crippen LogP contribution in [0.5, 0.6) is 0 Å². The van der Waals surface area contributed by atoms with Crippen LogP contribution in [-0.2, 0) is 7.05 Å². The fraction of sp³-hybridized carbons (Fsp3) is 0.545. The number of rotatable bonds is 3. The molecule has 0 fully saturated rings. The van der Waals surface area contributed by atoms with Crippen molar-refractivity contribution in [3.05, 3.63) is 38.5 Å². The monoisotopic (exact) mass is 278 g/mol. The minimum atomic E-state index is -0.768. The molecule has 0 spiro atoms. The highest BCUT2D eigenvalue weighted by Crippen LogP contribution is 2.32. The van der Waals surface area contributed by atoms with Gasteiger partial charge in [0, 0.05) is 12.0 Å². The molecule has 1 heterocycles. The van der Waals surface area contributed by atoms with E-state index in [4.69, 9.17) is 5.53 Å². The van der Waals surface area contributed by atoms with E-state index in [1.165, 1.54) is 10.9 Å². The molecule has 0 aliphatic heterocycles. The molecular weight excluding hydrogens is 264 g/mol. The Morgan fingerprint density at radius 2 is 2.45 bits per heavy atom. The Morgan fingerprint density at radius 1 is 1.70 bits per heavy atom. The summed E-state index contributed by atoms with van der Waals surface area (Å²) in [5.74, 6) is 0. The van der Waals surface area contributed by atoms with Crippen LogP contribution < -0.4 is 0 Å². The van der Waals surface area contributed by atoms with Gasteiger partial charge >= 0.3 is 5.69 Å². The third-order valence-corrected chi connectivity index (χ3v) is 3.38. The van der Waals surface area contributed by atoms with E-state index in [0.29, 0.717) is 25.0 Å². The van der Waals surface area contributed by atoms with Crippen LogP contribution in [0.15, 0.2) is 17.4 Å². The lowest BCUT2D eigenvalue weighted by atomic mass is 10.0. The first-order valence-electron chi connectivity index (χ1n) is 6.12. The van der Waals surface area contributed by atoms with Gasteiger partial charge in [-0.15, -0.1) is 0 Å². The number of aliphatic hydroxyl groups is 1. The minimum Gasteiger partial charge on any atom is -0.392 e. The number of aliphatic hydroxyl groups excluding tert-OH is 1. The van der Waals surface area contributed by atoms with Gasteiger partial charge in [0.1, 0.15) is 11.9 Å². The van der Waals surface area contributed by atoms with Gasteiger partial charge in [0.2, 0.25) is 0 Å². The van der Waals surface area contributed by atoms with Gasteiger partial charge in [0.15, 0.2) is 0 Å². The smallest absolute Gasteiger partial charge is 0.314 e. The van der Waals surface area contributed by atoms with E-state index in [1.54, 1.807) is 13.1 Å². The third kappa shape index (κ3) is 2.63. The Balaban J connectivity index is 2.33. The molecule has 106 valence electrons. The van der Waals surface area contributed by atoms with E-state index in [9.17, 15) is 15.2 Å². The Hall–Kier alpha value is -2.38. The van der Waals surface area contributed by atoms with Gasteiger partial charge in [-0.25, -0.2) is 0 Å². The van der Waals surface area contributed by atoms with Crippen molar-refractivity contribution in [2.24, 2.45) is 12.2 Å². The van der Waals surface area contributed by atoms with Crippen LogP contribution in [0.25, 0.3) is 16.0 Å². The van der Waals surface area contributed by atoms with Gasteiger partial charge in [-0.1, -0.05) is 11.2 Å². The number of allylic oxidation sites excluding steroid dienone is 1. The molecule has 0 bridgehead atoms. The fourth-order valence-corrected chi connectivity index (χ4v) is 2.37. The van der Waals surface area contributed by atoms with Crippen molar-refractivity contribution in [1.82, 2.24) is 9.78 Å². The Labute approximate surface area is 114 Å². The highest BCUT2D eigenvalue weighted by Gasteiger charge is 2.27. The molecule has 0 aromatic carbocycles. The minimum absolute atomic E-state index is 0.0597. The number of hydrogen-bond donors (Lipinski definition) is 1. The molecule has 0 saturated carbocycles. The van der Waals surface area contributed by atoms with Gasteiger partial charge in [-0.2, -0.15) is 5.10 Å². The van der Waals surface area contributed by atoms with Crippen LogP contribution >= 0.6 is 0 Å². The van der Waals surface area contributed by atoms with E-state index in [1.807, 2.05) is 0 Å². The maximum absolute atomic E-state index is 11.0. The summed E-state index contributed by atoms with van der Waals surface area (Å²) in [5.41, 5.74) is 9.58. The van der Waals surface area contributed by atoms with Gasteiger partial charge in [-0.05, 0) is 30.4 Å². The van der Waals surface area contributed by atoms with Gasteiger partial charge in [0.25, 0.3) is 0 Å².